The predicted octanol–water partition coefficient (Wildman–Crippen LogP) is 3.33. The lowest BCUT2D eigenvalue weighted by atomic mass is 10.1. The minimum absolute atomic E-state index is 0.199. The maximum absolute atomic E-state index is 12.8. The number of pyridine rings is 1. The first-order chi connectivity index (χ1) is 14.9. The fourth-order valence-electron chi connectivity index (χ4n) is 3.78. The van der Waals surface area contributed by atoms with Crippen LogP contribution < -0.4 is 5.32 Å². The maximum atomic E-state index is 12.8. The van der Waals surface area contributed by atoms with E-state index in [1.165, 1.54) is 11.3 Å². The summed E-state index contributed by atoms with van der Waals surface area (Å²) in [6.07, 6.45) is 4.40. The maximum Gasteiger partial charge on any atom is 0.271 e. The van der Waals surface area contributed by atoms with Crippen molar-refractivity contribution in [2.75, 3.05) is 19.4 Å². The summed E-state index contributed by atoms with van der Waals surface area (Å²) in [5.41, 5.74) is 2.83. The van der Waals surface area contributed by atoms with Gasteiger partial charge < -0.3 is 14.8 Å². The van der Waals surface area contributed by atoms with Gasteiger partial charge in [-0.05, 0) is 44.0 Å². The zero-order valence-corrected chi connectivity index (χ0v) is 18.1. The molecule has 3 heterocycles. The molecule has 8 nitrogen and oxygen atoms in total. The fourth-order valence-corrected chi connectivity index (χ4v) is 3.78. The molecule has 2 aromatic heterocycles. The van der Waals surface area contributed by atoms with Crippen LogP contribution in [0.5, 0.6) is 0 Å². The molecule has 1 aliphatic rings. The van der Waals surface area contributed by atoms with Gasteiger partial charge in [-0.3, -0.25) is 9.59 Å². The van der Waals surface area contributed by atoms with Gasteiger partial charge in [0.1, 0.15) is 11.5 Å². The van der Waals surface area contributed by atoms with Gasteiger partial charge in [0.2, 0.25) is 0 Å². The molecule has 0 saturated heterocycles. The van der Waals surface area contributed by atoms with Gasteiger partial charge in [0, 0.05) is 38.3 Å². The third-order valence-corrected chi connectivity index (χ3v) is 5.44. The largest absolute Gasteiger partial charge is 0.343 e. The Labute approximate surface area is 181 Å². The summed E-state index contributed by atoms with van der Waals surface area (Å²) in [5.74, 6) is 1.38. The number of fused-ring (bicyclic) bond motifs is 1. The van der Waals surface area contributed by atoms with E-state index in [4.69, 9.17) is 0 Å². The number of aryl methyl sites for hydroxylation is 2. The van der Waals surface area contributed by atoms with Crippen molar-refractivity contribution in [1.82, 2.24) is 24.6 Å². The van der Waals surface area contributed by atoms with Crippen molar-refractivity contribution in [2.24, 2.45) is 0 Å². The summed E-state index contributed by atoms with van der Waals surface area (Å²) < 4.78 is 2.18. The number of nitrogens with zero attached hydrogens (tertiary/aromatic N) is 5. The molecule has 1 aliphatic heterocycles. The highest BCUT2D eigenvalue weighted by molar-refractivity contribution is 6.05. The second kappa shape index (κ2) is 8.67. The number of hydrogen-bond acceptors (Lipinski definition) is 5. The van der Waals surface area contributed by atoms with Crippen molar-refractivity contribution in [3.63, 3.8) is 0 Å². The molecule has 31 heavy (non-hydrogen) atoms. The molecular formula is C23H26N6O2. The van der Waals surface area contributed by atoms with Crippen LogP contribution >= 0.6 is 0 Å². The molecule has 0 bridgehead atoms. The van der Waals surface area contributed by atoms with E-state index in [1.54, 1.807) is 33.2 Å². The van der Waals surface area contributed by atoms with Gasteiger partial charge in [0.15, 0.2) is 5.82 Å². The van der Waals surface area contributed by atoms with E-state index in [0.29, 0.717) is 22.6 Å². The molecule has 0 unspecified atom stereocenters. The Hall–Kier alpha value is -3.55. The highest BCUT2D eigenvalue weighted by atomic mass is 16.2. The fraction of sp³-hybridized carbons (Fsp3) is 0.348. The van der Waals surface area contributed by atoms with Crippen molar-refractivity contribution in [3.8, 4) is 11.4 Å². The number of aromatic nitrogens is 4. The van der Waals surface area contributed by atoms with Crippen molar-refractivity contribution in [2.45, 2.75) is 39.2 Å². The minimum atomic E-state index is -0.272. The van der Waals surface area contributed by atoms with Crippen LogP contribution in [-0.2, 0) is 13.0 Å². The van der Waals surface area contributed by atoms with Crippen LogP contribution in [0.15, 0.2) is 36.4 Å². The smallest absolute Gasteiger partial charge is 0.271 e. The van der Waals surface area contributed by atoms with Crippen LogP contribution in [0.2, 0.25) is 0 Å². The predicted molar refractivity (Wildman–Crippen MR) is 118 cm³/mol. The lowest BCUT2D eigenvalue weighted by Crippen LogP contribution is -2.23. The minimum Gasteiger partial charge on any atom is -0.343 e. The van der Waals surface area contributed by atoms with Crippen molar-refractivity contribution < 1.29 is 9.59 Å². The molecule has 0 fully saturated rings. The first-order valence-corrected chi connectivity index (χ1v) is 10.5. The topological polar surface area (TPSA) is 93.0 Å². The molecule has 1 aromatic carbocycles. The molecule has 160 valence electrons. The van der Waals surface area contributed by atoms with Crippen LogP contribution in [0, 0.1) is 6.92 Å². The van der Waals surface area contributed by atoms with Gasteiger partial charge in [0.05, 0.1) is 11.3 Å². The average molecular weight is 419 g/mol. The second-order valence-electron chi connectivity index (χ2n) is 7.97. The van der Waals surface area contributed by atoms with Crippen molar-refractivity contribution in [1.29, 1.82) is 0 Å². The summed E-state index contributed by atoms with van der Waals surface area (Å²) in [5, 5.41) is 11.7. The number of carbonyl (C=O) groups excluding carboxylic acids is 2. The molecule has 1 N–H and O–H groups in total. The van der Waals surface area contributed by atoms with Crippen LogP contribution in [0.25, 0.3) is 11.4 Å². The molecule has 2 amide bonds. The van der Waals surface area contributed by atoms with Gasteiger partial charge >= 0.3 is 0 Å². The number of carbonyl (C=O) groups is 2. The molecular weight excluding hydrogens is 392 g/mol. The summed E-state index contributed by atoms with van der Waals surface area (Å²) in [6.45, 7) is 2.64. The number of amides is 2. The SMILES string of the molecule is Cc1nc(C(=O)N(C)C)ccc1C(=O)Nc1cccc(-c2nnc3n2CCCCC3)c1. The lowest BCUT2D eigenvalue weighted by Gasteiger charge is -2.12. The second-order valence-corrected chi connectivity index (χ2v) is 7.97. The van der Waals surface area contributed by atoms with E-state index in [-0.39, 0.29) is 11.8 Å². The van der Waals surface area contributed by atoms with E-state index >= 15 is 0 Å². The standard InChI is InChI=1S/C23H26N6O2/c1-15-18(11-12-19(24-15)23(31)28(2)3)22(30)25-17-9-7-8-16(14-17)21-27-26-20-10-5-4-6-13-29(20)21/h7-9,11-12,14H,4-6,10,13H2,1-3H3,(H,25,30). The van der Waals surface area contributed by atoms with Gasteiger partial charge in [-0.15, -0.1) is 10.2 Å². The van der Waals surface area contributed by atoms with E-state index in [2.05, 4.69) is 25.1 Å². The van der Waals surface area contributed by atoms with Gasteiger partial charge in [0.25, 0.3) is 11.8 Å². The van der Waals surface area contributed by atoms with Crippen molar-refractivity contribution in [3.05, 3.63) is 59.2 Å². The molecule has 4 rings (SSSR count). The summed E-state index contributed by atoms with van der Waals surface area (Å²) >= 11 is 0. The summed E-state index contributed by atoms with van der Waals surface area (Å²) in [6, 6.07) is 10.8. The molecule has 0 radical (unpaired) electrons. The molecule has 0 spiro atoms. The van der Waals surface area contributed by atoms with Crippen molar-refractivity contribution >= 4 is 17.5 Å². The molecule has 3 aromatic rings. The third kappa shape index (κ3) is 4.33. The first-order valence-electron chi connectivity index (χ1n) is 10.5. The summed E-state index contributed by atoms with van der Waals surface area (Å²) in [7, 11) is 3.34. The molecule has 0 saturated carbocycles. The lowest BCUT2D eigenvalue weighted by molar-refractivity contribution is 0.0821. The quantitative estimate of drug-likeness (QED) is 0.702. The normalized spacial score (nSPS) is 13.3. The van der Waals surface area contributed by atoms with Crippen LogP contribution in [-0.4, -0.2) is 50.6 Å². The van der Waals surface area contributed by atoms with Gasteiger partial charge in [-0.1, -0.05) is 18.6 Å². The Morgan fingerprint density at radius 2 is 1.90 bits per heavy atom. The first kappa shape index (κ1) is 20.7. The molecule has 0 atom stereocenters. The van der Waals surface area contributed by atoms with E-state index in [9.17, 15) is 9.59 Å². The Balaban J connectivity index is 1.55. The highest BCUT2D eigenvalue weighted by Gasteiger charge is 2.18. The highest BCUT2D eigenvalue weighted by Crippen LogP contribution is 2.25. The monoisotopic (exact) mass is 418 g/mol. The Morgan fingerprint density at radius 3 is 2.68 bits per heavy atom. The van der Waals surface area contributed by atoms with Crippen LogP contribution in [0.3, 0.4) is 0 Å². The number of anilines is 1. The van der Waals surface area contributed by atoms with Gasteiger partial charge in [-0.25, -0.2) is 4.98 Å². The van der Waals surface area contributed by atoms with E-state index in [0.717, 1.165) is 43.0 Å². The molecule has 8 heteroatoms. The Bertz CT molecular complexity index is 1130. The zero-order valence-electron chi connectivity index (χ0n) is 18.1. The van der Waals surface area contributed by atoms with E-state index in [1.807, 2.05) is 24.3 Å². The number of benzene rings is 1. The van der Waals surface area contributed by atoms with Gasteiger partial charge in [-0.2, -0.15) is 0 Å². The summed E-state index contributed by atoms with van der Waals surface area (Å²) in [4.78, 5) is 30.7. The number of hydrogen-bond donors (Lipinski definition) is 1. The molecule has 0 aliphatic carbocycles. The number of rotatable bonds is 4. The zero-order chi connectivity index (χ0) is 22.0. The van der Waals surface area contributed by atoms with E-state index < -0.39 is 0 Å². The third-order valence-electron chi connectivity index (χ3n) is 5.44. The van der Waals surface area contributed by atoms with Crippen LogP contribution in [0.4, 0.5) is 5.69 Å². The average Bonchev–Trinajstić information content (AvgIpc) is 3.01. The Morgan fingerprint density at radius 1 is 1.06 bits per heavy atom. The van der Waals surface area contributed by atoms with Crippen LogP contribution in [0.1, 0.15) is 51.6 Å². The number of nitrogens with one attached hydrogen (secondary N) is 1. The Kier molecular flexibility index (Phi) is 5.79.